The van der Waals surface area contributed by atoms with Crippen molar-refractivity contribution in [2.75, 3.05) is 11.9 Å². The fourth-order valence-corrected chi connectivity index (χ4v) is 3.57. The number of hydrogen-bond donors (Lipinski definition) is 4. The Morgan fingerprint density at radius 2 is 1.60 bits per heavy atom. The SMILES string of the molecule is Cc1ccc(NC(=O)CCC(=O)NNC(=S)NC(=O)COc2cc(C)c(Br)cc2C(C)C)cc1C. The molecule has 188 valence electrons. The van der Waals surface area contributed by atoms with Gasteiger partial charge in [0, 0.05) is 23.0 Å². The van der Waals surface area contributed by atoms with Gasteiger partial charge in [0.15, 0.2) is 11.7 Å². The van der Waals surface area contributed by atoms with Crippen LogP contribution in [0.1, 0.15) is 54.9 Å². The predicted molar refractivity (Wildman–Crippen MR) is 144 cm³/mol. The van der Waals surface area contributed by atoms with Crippen LogP contribution < -0.4 is 26.2 Å². The number of carbonyl (C=O) groups excluding carboxylic acids is 3. The van der Waals surface area contributed by atoms with Crippen LogP contribution in [0.5, 0.6) is 5.75 Å². The number of benzene rings is 2. The molecule has 0 saturated heterocycles. The smallest absolute Gasteiger partial charge is 0.264 e. The topological polar surface area (TPSA) is 109 Å². The second kappa shape index (κ2) is 13.2. The van der Waals surface area contributed by atoms with Gasteiger partial charge in [0.25, 0.3) is 5.91 Å². The van der Waals surface area contributed by atoms with Gasteiger partial charge in [-0.25, -0.2) is 0 Å². The fraction of sp³-hybridized carbons (Fsp3) is 0.360. The molecule has 0 unspecified atom stereocenters. The van der Waals surface area contributed by atoms with Gasteiger partial charge >= 0.3 is 0 Å². The van der Waals surface area contributed by atoms with Gasteiger partial charge in [-0.1, -0.05) is 35.8 Å². The zero-order valence-electron chi connectivity index (χ0n) is 20.5. The fourth-order valence-electron chi connectivity index (χ4n) is 3.04. The van der Waals surface area contributed by atoms with Crippen molar-refractivity contribution < 1.29 is 19.1 Å². The molecule has 0 saturated carbocycles. The molecule has 10 heteroatoms. The molecule has 0 aliphatic carbocycles. The average molecular weight is 564 g/mol. The molecule has 0 spiro atoms. The van der Waals surface area contributed by atoms with Gasteiger partial charge in [-0.05, 0) is 85.4 Å². The molecule has 0 aliphatic rings. The van der Waals surface area contributed by atoms with E-state index in [0.29, 0.717) is 11.4 Å². The summed E-state index contributed by atoms with van der Waals surface area (Å²) in [5.41, 5.74) is 9.67. The summed E-state index contributed by atoms with van der Waals surface area (Å²) >= 11 is 8.54. The molecular weight excluding hydrogens is 532 g/mol. The van der Waals surface area contributed by atoms with E-state index in [2.05, 4.69) is 37.4 Å². The maximum Gasteiger partial charge on any atom is 0.264 e. The summed E-state index contributed by atoms with van der Waals surface area (Å²) in [5.74, 6) is -0.353. The Kier molecular flexibility index (Phi) is 10.7. The molecule has 2 aromatic rings. The number of thiocarbonyl (C=S) groups is 1. The molecule has 8 nitrogen and oxygen atoms in total. The van der Waals surface area contributed by atoms with Crippen LogP contribution >= 0.6 is 28.1 Å². The second-order valence-electron chi connectivity index (χ2n) is 8.48. The van der Waals surface area contributed by atoms with Crippen molar-refractivity contribution in [1.29, 1.82) is 0 Å². The first kappa shape index (κ1) is 28.3. The standard InChI is InChI=1S/C25H31BrN4O4S/c1-14(2)19-12-20(26)17(5)11-21(19)34-13-24(33)28-25(35)30-29-23(32)9-8-22(31)27-18-7-6-15(3)16(4)10-18/h6-7,10-12,14H,8-9,13H2,1-5H3,(H,27,31)(H,29,32)(H2,28,30,33,35). The highest BCUT2D eigenvalue weighted by Gasteiger charge is 2.14. The van der Waals surface area contributed by atoms with Crippen molar-refractivity contribution in [3.8, 4) is 5.75 Å². The minimum atomic E-state index is -0.472. The quantitative estimate of drug-likeness (QED) is 0.282. The van der Waals surface area contributed by atoms with Crippen molar-refractivity contribution in [3.63, 3.8) is 0 Å². The Morgan fingerprint density at radius 3 is 2.26 bits per heavy atom. The first-order valence-corrected chi connectivity index (χ1v) is 12.3. The molecule has 0 bridgehead atoms. The Hall–Kier alpha value is -2.98. The van der Waals surface area contributed by atoms with E-state index in [-0.39, 0.29) is 36.4 Å². The number of hydrogen-bond acceptors (Lipinski definition) is 5. The first-order valence-electron chi connectivity index (χ1n) is 11.1. The minimum absolute atomic E-state index is 0.00180. The lowest BCUT2D eigenvalue weighted by Crippen LogP contribution is -2.49. The summed E-state index contributed by atoms with van der Waals surface area (Å²) in [5, 5.41) is 5.12. The van der Waals surface area contributed by atoms with Crippen molar-refractivity contribution in [1.82, 2.24) is 16.2 Å². The highest BCUT2D eigenvalue weighted by molar-refractivity contribution is 9.10. The second-order valence-corrected chi connectivity index (χ2v) is 9.74. The maximum atomic E-state index is 12.2. The number of anilines is 1. The van der Waals surface area contributed by atoms with Gasteiger partial charge in [-0.2, -0.15) is 0 Å². The third-order valence-electron chi connectivity index (χ3n) is 5.21. The van der Waals surface area contributed by atoms with E-state index in [1.54, 1.807) is 0 Å². The lowest BCUT2D eigenvalue weighted by molar-refractivity contribution is -0.125. The number of nitrogens with one attached hydrogen (secondary N) is 4. The number of hydrazine groups is 1. The molecule has 4 N–H and O–H groups in total. The van der Waals surface area contributed by atoms with E-state index in [1.165, 1.54) is 0 Å². The van der Waals surface area contributed by atoms with Crippen molar-refractivity contribution in [2.24, 2.45) is 0 Å². The molecule has 2 rings (SSSR count). The molecular formula is C25H31BrN4O4S. The van der Waals surface area contributed by atoms with E-state index < -0.39 is 11.8 Å². The van der Waals surface area contributed by atoms with Crippen LogP contribution in [0.2, 0.25) is 0 Å². The van der Waals surface area contributed by atoms with Crippen LogP contribution in [0.4, 0.5) is 5.69 Å². The Balaban J connectivity index is 1.72. The van der Waals surface area contributed by atoms with Gasteiger partial charge in [-0.15, -0.1) is 0 Å². The van der Waals surface area contributed by atoms with Crippen LogP contribution in [0.25, 0.3) is 0 Å². The lowest BCUT2D eigenvalue weighted by atomic mass is 10.0. The molecule has 0 heterocycles. The molecule has 3 amide bonds. The van der Waals surface area contributed by atoms with E-state index in [1.807, 2.05) is 65.0 Å². The average Bonchev–Trinajstić information content (AvgIpc) is 2.79. The monoisotopic (exact) mass is 562 g/mol. The number of carbonyl (C=O) groups is 3. The van der Waals surface area contributed by atoms with Crippen LogP contribution in [0.15, 0.2) is 34.8 Å². The summed E-state index contributed by atoms with van der Waals surface area (Å²) in [6, 6.07) is 9.47. The molecule has 0 aromatic heterocycles. The minimum Gasteiger partial charge on any atom is -0.483 e. The summed E-state index contributed by atoms with van der Waals surface area (Å²) in [7, 11) is 0. The van der Waals surface area contributed by atoms with Crippen LogP contribution in [-0.4, -0.2) is 29.4 Å². The van der Waals surface area contributed by atoms with Gasteiger partial charge in [0.1, 0.15) is 5.75 Å². The summed E-state index contributed by atoms with van der Waals surface area (Å²) in [6.45, 7) is 9.73. The van der Waals surface area contributed by atoms with Crippen molar-refractivity contribution in [2.45, 2.75) is 53.4 Å². The zero-order valence-corrected chi connectivity index (χ0v) is 22.9. The van der Waals surface area contributed by atoms with E-state index in [0.717, 1.165) is 26.7 Å². The molecule has 2 aromatic carbocycles. The lowest BCUT2D eigenvalue weighted by Gasteiger charge is -2.16. The van der Waals surface area contributed by atoms with Crippen molar-refractivity contribution >= 4 is 56.7 Å². The summed E-state index contributed by atoms with van der Waals surface area (Å²) < 4.78 is 6.67. The molecule has 0 fully saturated rings. The van der Waals surface area contributed by atoms with Crippen LogP contribution in [0.3, 0.4) is 0 Å². The molecule has 35 heavy (non-hydrogen) atoms. The highest BCUT2D eigenvalue weighted by Crippen LogP contribution is 2.32. The third kappa shape index (κ3) is 9.29. The number of rotatable bonds is 8. The largest absolute Gasteiger partial charge is 0.483 e. The zero-order chi connectivity index (χ0) is 26.1. The van der Waals surface area contributed by atoms with Gasteiger partial charge in [0.2, 0.25) is 11.8 Å². The summed E-state index contributed by atoms with van der Waals surface area (Å²) in [4.78, 5) is 36.3. The molecule has 0 radical (unpaired) electrons. The van der Waals surface area contributed by atoms with Gasteiger partial charge < -0.3 is 10.1 Å². The number of halogens is 1. The number of ether oxygens (including phenoxy) is 1. The van der Waals surface area contributed by atoms with Crippen LogP contribution in [0, 0.1) is 20.8 Å². The third-order valence-corrected chi connectivity index (χ3v) is 6.27. The maximum absolute atomic E-state index is 12.2. The van der Waals surface area contributed by atoms with Crippen molar-refractivity contribution in [3.05, 3.63) is 57.1 Å². The van der Waals surface area contributed by atoms with E-state index in [9.17, 15) is 14.4 Å². The number of aryl methyl sites for hydroxylation is 3. The Morgan fingerprint density at radius 1 is 0.914 bits per heavy atom. The van der Waals surface area contributed by atoms with Gasteiger partial charge in [0.05, 0.1) is 0 Å². The molecule has 0 aliphatic heterocycles. The Bertz CT molecular complexity index is 1120. The summed E-state index contributed by atoms with van der Waals surface area (Å²) in [6.07, 6.45) is -0.0531. The highest BCUT2D eigenvalue weighted by atomic mass is 79.9. The first-order chi connectivity index (χ1) is 16.5. The number of amides is 3. The van der Waals surface area contributed by atoms with E-state index >= 15 is 0 Å². The normalized spacial score (nSPS) is 10.5. The Labute approximate surface area is 219 Å². The van der Waals surface area contributed by atoms with Crippen LogP contribution in [-0.2, 0) is 14.4 Å². The van der Waals surface area contributed by atoms with Gasteiger partial charge in [-0.3, -0.25) is 30.6 Å². The molecule has 0 atom stereocenters. The van der Waals surface area contributed by atoms with E-state index in [4.69, 9.17) is 17.0 Å². The predicted octanol–water partition coefficient (Wildman–Crippen LogP) is 4.32.